The Morgan fingerprint density at radius 3 is 1.10 bits per heavy atom. The number of carboxylic acids is 6. The van der Waals surface area contributed by atoms with E-state index >= 15 is 0 Å². The lowest BCUT2D eigenvalue weighted by Gasteiger charge is -2.25. The summed E-state index contributed by atoms with van der Waals surface area (Å²) >= 11 is 0. The third-order valence-electron chi connectivity index (χ3n) is 5.39. The van der Waals surface area contributed by atoms with Gasteiger partial charge in [-0.3, -0.25) is 34.1 Å². The van der Waals surface area contributed by atoms with E-state index in [0.29, 0.717) is 12.1 Å². The first-order chi connectivity index (χ1) is 18.8. The van der Waals surface area contributed by atoms with E-state index in [4.69, 9.17) is 30.6 Å². The summed E-state index contributed by atoms with van der Waals surface area (Å²) in [6.07, 6.45) is 10.9. The molecule has 0 atom stereocenters. The highest BCUT2D eigenvalue weighted by molar-refractivity contribution is 5.72. The molecule has 16 nitrogen and oxygen atoms in total. The Morgan fingerprint density at radius 2 is 0.800 bits per heavy atom. The Morgan fingerprint density at radius 1 is 0.450 bits per heavy atom. The van der Waals surface area contributed by atoms with Crippen molar-refractivity contribution in [3.63, 3.8) is 0 Å². The van der Waals surface area contributed by atoms with Gasteiger partial charge in [-0.25, -0.2) is 0 Å². The first-order valence-corrected chi connectivity index (χ1v) is 13.0. The minimum atomic E-state index is -1.06. The molecule has 0 radical (unpaired) electrons. The van der Waals surface area contributed by atoms with Crippen LogP contribution < -0.4 is 21.3 Å². The van der Waals surface area contributed by atoms with Crippen LogP contribution in [-0.4, -0.2) is 118 Å². The molecule has 0 aromatic heterocycles. The van der Waals surface area contributed by atoms with Crippen LogP contribution in [0.1, 0.15) is 64.2 Å². The maximum Gasteiger partial charge on any atom is 0.317 e. The van der Waals surface area contributed by atoms with E-state index in [1.807, 2.05) is 0 Å². The molecule has 0 aromatic rings. The van der Waals surface area contributed by atoms with Crippen molar-refractivity contribution in [1.82, 2.24) is 21.3 Å². The third kappa shape index (κ3) is 32.7. The topological polar surface area (TPSA) is 272 Å². The predicted octanol–water partition coefficient (Wildman–Crippen LogP) is -0.523. The second-order valence-electron chi connectivity index (χ2n) is 8.97. The molecule has 10 N–H and O–H groups in total. The molecule has 16 heteroatoms. The van der Waals surface area contributed by atoms with Crippen molar-refractivity contribution in [3.8, 4) is 0 Å². The Hall–Kier alpha value is -3.34. The minimum Gasteiger partial charge on any atom is -0.481 e. The Balaban J connectivity index is 0. The number of hydrogen-bond donors (Lipinski definition) is 10. The average molecular weight is 581 g/mol. The lowest BCUT2D eigenvalue weighted by atomic mass is 9.93. The van der Waals surface area contributed by atoms with Crippen molar-refractivity contribution in [2.75, 3.05) is 39.3 Å². The Bertz CT molecular complexity index is 724. The van der Waals surface area contributed by atoms with E-state index in [-0.39, 0.29) is 45.7 Å². The second kappa shape index (κ2) is 25.9. The zero-order valence-electron chi connectivity index (χ0n) is 22.6. The fourth-order valence-electron chi connectivity index (χ4n) is 3.23. The van der Waals surface area contributed by atoms with E-state index in [1.165, 1.54) is 32.1 Å². The minimum absolute atomic E-state index is 0.0483. The van der Waals surface area contributed by atoms with Gasteiger partial charge in [0.15, 0.2) is 0 Å². The molecule has 0 spiro atoms. The van der Waals surface area contributed by atoms with Gasteiger partial charge in [0.25, 0.3) is 0 Å². The van der Waals surface area contributed by atoms with Gasteiger partial charge in [-0.1, -0.05) is 32.1 Å². The summed E-state index contributed by atoms with van der Waals surface area (Å²) in [7, 11) is 0. The van der Waals surface area contributed by atoms with Crippen LogP contribution in [0.15, 0.2) is 0 Å². The highest BCUT2D eigenvalue weighted by Gasteiger charge is 2.16. The van der Waals surface area contributed by atoms with Crippen molar-refractivity contribution >= 4 is 35.8 Å². The highest BCUT2D eigenvalue weighted by atomic mass is 16.4. The third-order valence-corrected chi connectivity index (χ3v) is 5.39. The molecule has 2 saturated carbocycles. The monoisotopic (exact) mass is 580 g/mol. The summed E-state index contributed by atoms with van der Waals surface area (Å²) in [4.78, 5) is 59.4. The van der Waals surface area contributed by atoms with Crippen molar-refractivity contribution < 1.29 is 59.4 Å². The molecule has 40 heavy (non-hydrogen) atoms. The summed E-state index contributed by atoms with van der Waals surface area (Å²) in [5.41, 5.74) is 0. The number of carboxylic acid groups (broad SMARTS) is 6. The SMILES string of the molecule is O=C(O)CCNCC(=O)O.O=C(O)CNC1CCC1.O=C(O)CNC1CCCCCC1.O=C(O)CNCC(=O)O. The zero-order chi connectivity index (χ0) is 30.8. The molecule has 0 heterocycles. The van der Waals surface area contributed by atoms with Gasteiger partial charge in [0, 0.05) is 18.6 Å². The molecule has 0 aliphatic heterocycles. The lowest BCUT2D eigenvalue weighted by molar-refractivity contribution is -0.138. The molecule has 2 rings (SSSR count). The van der Waals surface area contributed by atoms with Crippen molar-refractivity contribution in [2.45, 2.75) is 76.3 Å². The van der Waals surface area contributed by atoms with Crippen LogP contribution in [0.5, 0.6) is 0 Å². The van der Waals surface area contributed by atoms with Gasteiger partial charge in [-0.05, 0) is 25.7 Å². The van der Waals surface area contributed by atoms with Gasteiger partial charge in [0.1, 0.15) is 0 Å². The summed E-state index contributed by atoms with van der Waals surface area (Å²) in [6.45, 7) is -0.386. The van der Waals surface area contributed by atoms with E-state index in [2.05, 4.69) is 21.3 Å². The van der Waals surface area contributed by atoms with Crippen LogP contribution in [0.25, 0.3) is 0 Å². The summed E-state index contributed by atoms with van der Waals surface area (Å²) in [6, 6.07) is 0.935. The number of carbonyl (C=O) groups is 6. The smallest absolute Gasteiger partial charge is 0.317 e. The zero-order valence-corrected chi connectivity index (χ0v) is 22.6. The Kier molecular flexibility index (Phi) is 25.1. The molecule has 0 saturated heterocycles. The summed E-state index contributed by atoms with van der Waals surface area (Å²) < 4.78 is 0. The van der Waals surface area contributed by atoms with Gasteiger partial charge in [0.05, 0.1) is 39.1 Å². The van der Waals surface area contributed by atoms with E-state index in [9.17, 15) is 28.8 Å². The normalized spacial score (nSPS) is 14.7. The molecule has 0 amide bonds. The van der Waals surface area contributed by atoms with Crippen LogP contribution in [0.2, 0.25) is 0 Å². The number of hydrogen-bond acceptors (Lipinski definition) is 10. The van der Waals surface area contributed by atoms with Crippen LogP contribution in [-0.2, 0) is 28.8 Å². The molecule has 232 valence electrons. The molecule has 2 fully saturated rings. The van der Waals surface area contributed by atoms with Crippen LogP contribution >= 0.6 is 0 Å². The Labute approximate surface area is 232 Å². The first-order valence-electron chi connectivity index (χ1n) is 13.0. The first kappa shape index (κ1) is 38.8. The van der Waals surface area contributed by atoms with E-state index < -0.39 is 35.8 Å². The number of nitrogens with one attached hydrogen (secondary N) is 4. The molecule has 0 unspecified atom stereocenters. The average Bonchev–Trinajstić information content (AvgIpc) is 3.09. The highest BCUT2D eigenvalue weighted by Crippen LogP contribution is 2.17. The maximum atomic E-state index is 10.3. The summed E-state index contributed by atoms with van der Waals surface area (Å²) in [5.74, 6) is -5.54. The summed E-state index contributed by atoms with van der Waals surface area (Å²) in [5, 5.41) is 59.4. The molecule has 0 aromatic carbocycles. The van der Waals surface area contributed by atoms with Crippen LogP contribution in [0.4, 0.5) is 0 Å². The largest absolute Gasteiger partial charge is 0.481 e. The lowest BCUT2D eigenvalue weighted by Crippen LogP contribution is -2.38. The molecular weight excluding hydrogens is 536 g/mol. The number of rotatable bonds is 15. The van der Waals surface area contributed by atoms with E-state index in [0.717, 1.165) is 25.7 Å². The van der Waals surface area contributed by atoms with Crippen LogP contribution in [0, 0.1) is 0 Å². The number of aliphatic carboxylic acids is 6. The fourth-order valence-corrected chi connectivity index (χ4v) is 3.23. The quantitative estimate of drug-likeness (QED) is 0.0861. The standard InChI is InChI=1S/C9H17NO2.C6H11NO2.C5H9NO4.C4H7NO4/c11-9(12)7-10-8-5-3-1-2-4-6-8;8-6(9)4-7-5-2-1-3-5;7-4(8)1-2-6-3-5(9)10;6-3(7)1-5-2-4(8)9/h8,10H,1-7H2,(H,11,12);5,7H,1-4H2,(H,8,9);6H,1-3H2,(H,7,8)(H,9,10);5H,1-2H2,(H,6,7)(H,8,9). The predicted molar refractivity (Wildman–Crippen MR) is 141 cm³/mol. The van der Waals surface area contributed by atoms with Gasteiger partial charge in [-0.15, -0.1) is 0 Å². The molecule has 0 bridgehead atoms. The van der Waals surface area contributed by atoms with Crippen LogP contribution in [0.3, 0.4) is 0 Å². The molecule has 2 aliphatic carbocycles. The van der Waals surface area contributed by atoms with Gasteiger partial charge in [-0.2, -0.15) is 0 Å². The molecular formula is C24H44N4O12. The molecule has 2 aliphatic rings. The van der Waals surface area contributed by atoms with Gasteiger partial charge in [0.2, 0.25) is 0 Å². The van der Waals surface area contributed by atoms with Crippen molar-refractivity contribution in [1.29, 1.82) is 0 Å². The van der Waals surface area contributed by atoms with Crippen molar-refractivity contribution in [3.05, 3.63) is 0 Å². The maximum absolute atomic E-state index is 10.3. The van der Waals surface area contributed by atoms with E-state index in [1.54, 1.807) is 0 Å². The fraction of sp³-hybridized carbons (Fsp3) is 0.750. The van der Waals surface area contributed by atoms with Gasteiger partial charge < -0.3 is 46.6 Å². The second-order valence-corrected chi connectivity index (χ2v) is 8.97. The van der Waals surface area contributed by atoms with Gasteiger partial charge >= 0.3 is 35.8 Å². The van der Waals surface area contributed by atoms with Crippen molar-refractivity contribution in [2.24, 2.45) is 0 Å².